The first-order valence-corrected chi connectivity index (χ1v) is 4.93. The van der Waals surface area contributed by atoms with E-state index in [0.29, 0.717) is 12.8 Å². The van der Waals surface area contributed by atoms with Crippen LogP contribution in [0.2, 0.25) is 0 Å². The lowest BCUT2D eigenvalue weighted by molar-refractivity contribution is -0.156. The van der Waals surface area contributed by atoms with E-state index in [4.69, 9.17) is 10.2 Å². The Kier molecular flexibility index (Phi) is 3.17. The number of rotatable bonds is 2. The monoisotopic (exact) mass is 202 g/mol. The molecular formula is C10H18O4. The first kappa shape index (κ1) is 11.5. The number of hydrogen-bond acceptors (Lipinski definition) is 3. The summed E-state index contributed by atoms with van der Waals surface area (Å²) in [7, 11) is 0. The first-order valence-electron chi connectivity index (χ1n) is 4.93. The van der Waals surface area contributed by atoms with Gasteiger partial charge in [-0.1, -0.05) is 6.92 Å². The highest BCUT2D eigenvalue weighted by Gasteiger charge is 2.45. The molecule has 82 valence electrons. The molecule has 14 heavy (non-hydrogen) atoms. The molecule has 0 amide bonds. The summed E-state index contributed by atoms with van der Waals surface area (Å²) in [5, 5.41) is 27.8. The van der Waals surface area contributed by atoms with Crippen LogP contribution in [0, 0.1) is 17.3 Å². The van der Waals surface area contributed by atoms with Crippen LogP contribution in [0.15, 0.2) is 0 Å². The third-order valence-electron chi connectivity index (χ3n) is 3.30. The summed E-state index contributed by atoms with van der Waals surface area (Å²) in [5.41, 5.74) is -0.800. The predicted molar refractivity (Wildman–Crippen MR) is 50.7 cm³/mol. The summed E-state index contributed by atoms with van der Waals surface area (Å²) in [5.74, 6) is -1.21. The van der Waals surface area contributed by atoms with Gasteiger partial charge in [-0.25, -0.2) is 0 Å². The van der Waals surface area contributed by atoms with Crippen molar-refractivity contribution in [1.29, 1.82) is 0 Å². The first-order chi connectivity index (χ1) is 6.40. The van der Waals surface area contributed by atoms with E-state index in [9.17, 15) is 9.90 Å². The summed E-state index contributed by atoms with van der Waals surface area (Å²) >= 11 is 0. The maximum Gasteiger partial charge on any atom is 0.309 e. The highest BCUT2D eigenvalue weighted by Crippen LogP contribution is 2.42. The Hall–Kier alpha value is -0.610. The Balaban J connectivity index is 2.81. The molecule has 4 unspecified atom stereocenters. The Labute approximate surface area is 83.6 Å². The molecule has 1 rings (SSSR count). The van der Waals surface area contributed by atoms with Crippen LogP contribution in [0.25, 0.3) is 0 Å². The fraction of sp³-hybridized carbons (Fsp3) is 0.900. The third-order valence-corrected chi connectivity index (χ3v) is 3.30. The van der Waals surface area contributed by atoms with E-state index >= 15 is 0 Å². The average molecular weight is 202 g/mol. The largest absolute Gasteiger partial charge is 0.481 e. The molecule has 1 saturated carbocycles. The standard InChI is InChI=1S/C10H18O4/c1-6-3-10(2,9(13)14)4-7(5-11)8(6)12/h6-8,11-12H,3-5H2,1-2H3,(H,13,14). The zero-order chi connectivity index (χ0) is 10.9. The van der Waals surface area contributed by atoms with E-state index in [1.807, 2.05) is 6.92 Å². The van der Waals surface area contributed by atoms with E-state index in [1.165, 1.54) is 0 Å². The number of aliphatic carboxylic acids is 1. The van der Waals surface area contributed by atoms with Gasteiger partial charge in [-0.2, -0.15) is 0 Å². The topological polar surface area (TPSA) is 77.8 Å². The zero-order valence-electron chi connectivity index (χ0n) is 8.60. The zero-order valence-corrected chi connectivity index (χ0v) is 8.60. The van der Waals surface area contributed by atoms with Crippen molar-refractivity contribution in [3.8, 4) is 0 Å². The van der Waals surface area contributed by atoms with Crippen molar-refractivity contribution in [1.82, 2.24) is 0 Å². The van der Waals surface area contributed by atoms with Gasteiger partial charge in [0.25, 0.3) is 0 Å². The second-order valence-corrected chi connectivity index (χ2v) is 4.68. The van der Waals surface area contributed by atoms with Gasteiger partial charge < -0.3 is 15.3 Å². The molecule has 0 heterocycles. The van der Waals surface area contributed by atoms with Gasteiger partial charge in [0.1, 0.15) is 0 Å². The molecule has 0 aromatic rings. The van der Waals surface area contributed by atoms with Gasteiger partial charge in [0.15, 0.2) is 0 Å². The van der Waals surface area contributed by atoms with Crippen molar-refractivity contribution in [2.24, 2.45) is 17.3 Å². The Bertz CT molecular complexity index is 228. The fourth-order valence-corrected chi connectivity index (χ4v) is 2.43. The van der Waals surface area contributed by atoms with Gasteiger partial charge >= 0.3 is 5.97 Å². The number of carboxylic acids is 1. The van der Waals surface area contributed by atoms with Crippen molar-refractivity contribution < 1.29 is 20.1 Å². The SMILES string of the molecule is CC1CC(C)(C(=O)O)CC(CO)C1O. The van der Waals surface area contributed by atoms with Crippen molar-refractivity contribution >= 4 is 5.97 Å². The van der Waals surface area contributed by atoms with Crippen molar-refractivity contribution in [3.63, 3.8) is 0 Å². The summed E-state index contributed by atoms with van der Waals surface area (Å²) in [6, 6.07) is 0. The van der Waals surface area contributed by atoms with E-state index in [1.54, 1.807) is 6.92 Å². The van der Waals surface area contributed by atoms with Crippen LogP contribution in [0.5, 0.6) is 0 Å². The summed E-state index contributed by atoms with van der Waals surface area (Å²) in [6.45, 7) is 3.36. The van der Waals surface area contributed by atoms with Crippen LogP contribution in [0.1, 0.15) is 26.7 Å². The normalized spacial score (nSPS) is 43.6. The predicted octanol–water partition coefficient (Wildman–Crippen LogP) is 0.477. The van der Waals surface area contributed by atoms with Crippen LogP contribution in [0.4, 0.5) is 0 Å². The van der Waals surface area contributed by atoms with E-state index in [0.717, 1.165) is 0 Å². The van der Waals surface area contributed by atoms with Crippen molar-refractivity contribution in [3.05, 3.63) is 0 Å². The van der Waals surface area contributed by atoms with Crippen LogP contribution in [-0.4, -0.2) is 34.0 Å². The van der Waals surface area contributed by atoms with Crippen molar-refractivity contribution in [2.45, 2.75) is 32.8 Å². The summed E-state index contributed by atoms with van der Waals surface area (Å²) in [6.07, 6.45) is 0.247. The smallest absolute Gasteiger partial charge is 0.309 e. The van der Waals surface area contributed by atoms with Gasteiger partial charge in [0, 0.05) is 12.5 Å². The fourth-order valence-electron chi connectivity index (χ4n) is 2.43. The third kappa shape index (κ3) is 1.91. The Morgan fingerprint density at radius 1 is 1.50 bits per heavy atom. The number of carboxylic acid groups (broad SMARTS) is 1. The highest BCUT2D eigenvalue weighted by atomic mass is 16.4. The molecule has 4 heteroatoms. The second kappa shape index (κ2) is 3.87. The number of hydrogen-bond donors (Lipinski definition) is 3. The number of aliphatic hydroxyl groups is 2. The van der Waals surface area contributed by atoms with Crippen LogP contribution >= 0.6 is 0 Å². The van der Waals surface area contributed by atoms with E-state index in [-0.39, 0.29) is 18.4 Å². The maximum absolute atomic E-state index is 11.0. The number of carbonyl (C=O) groups is 1. The molecule has 0 aromatic carbocycles. The van der Waals surface area contributed by atoms with Crippen molar-refractivity contribution in [2.75, 3.05) is 6.61 Å². The van der Waals surface area contributed by atoms with Crippen LogP contribution in [-0.2, 0) is 4.79 Å². The molecule has 1 aliphatic rings. The summed E-state index contributed by atoms with van der Waals surface area (Å²) in [4.78, 5) is 11.0. The minimum Gasteiger partial charge on any atom is -0.481 e. The molecule has 0 radical (unpaired) electrons. The van der Waals surface area contributed by atoms with Gasteiger partial charge in [0.2, 0.25) is 0 Å². The molecule has 0 aromatic heterocycles. The molecule has 4 nitrogen and oxygen atoms in total. The van der Waals surface area contributed by atoms with E-state index < -0.39 is 17.5 Å². The van der Waals surface area contributed by atoms with E-state index in [2.05, 4.69) is 0 Å². The summed E-state index contributed by atoms with van der Waals surface area (Å²) < 4.78 is 0. The molecule has 1 aliphatic carbocycles. The minimum atomic E-state index is -0.838. The lowest BCUT2D eigenvalue weighted by Crippen LogP contribution is -2.45. The molecular weight excluding hydrogens is 184 g/mol. The molecule has 0 aliphatic heterocycles. The Morgan fingerprint density at radius 2 is 2.07 bits per heavy atom. The quantitative estimate of drug-likeness (QED) is 0.608. The van der Waals surface area contributed by atoms with Gasteiger partial charge in [-0.3, -0.25) is 4.79 Å². The average Bonchev–Trinajstić information content (AvgIpc) is 2.11. The van der Waals surface area contributed by atoms with Gasteiger partial charge in [0.05, 0.1) is 11.5 Å². The minimum absolute atomic E-state index is 0.0676. The molecule has 1 fully saturated rings. The Morgan fingerprint density at radius 3 is 2.50 bits per heavy atom. The second-order valence-electron chi connectivity index (χ2n) is 4.68. The highest BCUT2D eigenvalue weighted by molar-refractivity contribution is 5.74. The molecule has 0 bridgehead atoms. The molecule has 3 N–H and O–H groups in total. The maximum atomic E-state index is 11.0. The molecule has 0 saturated heterocycles. The van der Waals surface area contributed by atoms with Gasteiger partial charge in [-0.05, 0) is 25.7 Å². The lowest BCUT2D eigenvalue weighted by Gasteiger charge is -2.41. The number of aliphatic hydroxyl groups excluding tert-OH is 2. The van der Waals surface area contributed by atoms with Crippen LogP contribution < -0.4 is 0 Å². The lowest BCUT2D eigenvalue weighted by atomic mass is 9.65. The van der Waals surface area contributed by atoms with Crippen LogP contribution in [0.3, 0.4) is 0 Å². The van der Waals surface area contributed by atoms with Gasteiger partial charge in [-0.15, -0.1) is 0 Å². The molecule has 0 spiro atoms. The molecule has 4 atom stereocenters.